The van der Waals surface area contributed by atoms with Gasteiger partial charge in [0.05, 0.1) is 6.61 Å². The second kappa shape index (κ2) is 6.38. The lowest BCUT2D eigenvalue weighted by atomic mass is 10.2. The number of carbonyl (C=O) groups excluding carboxylic acids is 1. The molecule has 0 aliphatic rings. The molecule has 0 N–H and O–H groups in total. The minimum atomic E-state index is 0.514. The van der Waals surface area contributed by atoms with E-state index in [9.17, 15) is 4.79 Å². The zero-order valence-corrected chi connectivity index (χ0v) is 9.87. The number of aliphatic imine (C=N–C) groups is 1. The normalized spacial score (nSPS) is 9.56. The van der Waals surface area contributed by atoms with E-state index in [0.717, 1.165) is 6.42 Å². The molecule has 3 heteroatoms. The van der Waals surface area contributed by atoms with E-state index in [2.05, 4.69) is 17.1 Å². The predicted octanol–water partition coefficient (Wildman–Crippen LogP) is 3.28. The van der Waals surface area contributed by atoms with Gasteiger partial charge in [-0.15, -0.1) is 0 Å². The number of hydrogen-bond donors (Lipinski definition) is 0. The van der Waals surface area contributed by atoms with Crippen molar-refractivity contribution in [3.05, 3.63) is 60.2 Å². The van der Waals surface area contributed by atoms with Crippen LogP contribution in [0.25, 0.3) is 0 Å². The number of ether oxygens (including phenoxy) is 1. The second-order valence-corrected chi connectivity index (χ2v) is 3.75. The van der Waals surface area contributed by atoms with Crippen LogP contribution in [0.2, 0.25) is 0 Å². The molecule has 0 unspecified atom stereocenters. The average Bonchev–Trinajstić information content (AvgIpc) is 2.42. The van der Waals surface area contributed by atoms with Crippen LogP contribution >= 0.6 is 0 Å². The van der Waals surface area contributed by atoms with Crippen LogP contribution in [0.5, 0.6) is 5.75 Å². The molecule has 2 rings (SSSR count). The Hall–Kier alpha value is -2.38. The molecule has 0 aliphatic heterocycles. The summed E-state index contributed by atoms with van der Waals surface area (Å²) in [5.41, 5.74) is 1.73. The van der Waals surface area contributed by atoms with Crippen LogP contribution in [0.3, 0.4) is 0 Å². The largest absolute Gasteiger partial charge is 0.491 e. The van der Waals surface area contributed by atoms with Crippen LogP contribution in [0, 0.1) is 0 Å². The summed E-state index contributed by atoms with van der Waals surface area (Å²) in [6, 6.07) is 17.3. The standard InChI is InChI=1S/C15H13NO2/c17-12-16-14-8-4-5-9-15(14)18-11-10-13-6-2-1-3-7-13/h1-9H,10-11H2. The maximum absolute atomic E-state index is 10.3. The molecule has 3 nitrogen and oxygen atoms in total. The van der Waals surface area contributed by atoms with E-state index in [4.69, 9.17) is 4.74 Å². The Bertz CT molecular complexity index is 545. The van der Waals surface area contributed by atoms with Crippen molar-refractivity contribution in [3.63, 3.8) is 0 Å². The quantitative estimate of drug-likeness (QED) is 0.593. The van der Waals surface area contributed by atoms with E-state index >= 15 is 0 Å². The third kappa shape index (κ3) is 3.30. The molecule has 0 saturated carbocycles. The van der Waals surface area contributed by atoms with Crippen LogP contribution in [-0.4, -0.2) is 12.7 Å². The van der Waals surface area contributed by atoms with Gasteiger partial charge in [-0.05, 0) is 17.7 Å². The summed E-state index contributed by atoms with van der Waals surface area (Å²) in [5, 5.41) is 0. The molecule has 0 fully saturated rings. The number of rotatable bonds is 5. The molecule has 90 valence electrons. The maximum atomic E-state index is 10.3. The van der Waals surface area contributed by atoms with Gasteiger partial charge in [0.25, 0.3) is 0 Å². The Labute approximate surface area is 106 Å². The van der Waals surface area contributed by atoms with Crippen molar-refractivity contribution in [2.24, 2.45) is 4.99 Å². The van der Waals surface area contributed by atoms with Gasteiger partial charge in [-0.2, -0.15) is 4.99 Å². The minimum absolute atomic E-state index is 0.514. The lowest BCUT2D eigenvalue weighted by Crippen LogP contribution is -2.01. The van der Waals surface area contributed by atoms with Crippen molar-refractivity contribution in [1.29, 1.82) is 0 Å². The van der Waals surface area contributed by atoms with Crippen molar-refractivity contribution < 1.29 is 9.53 Å². The monoisotopic (exact) mass is 239 g/mol. The fraction of sp³-hybridized carbons (Fsp3) is 0.133. The summed E-state index contributed by atoms with van der Waals surface area (Å²) in [5.74, 6) is 0.608. The van der Waals surface area contributed by atoms with Crippen molar-refractivity contribution >= 4 is 11.8 Å². The molecule has 0 aliphatic carbocycles. The van der Waals surface area contributed by atoms with E-state index < -0.39 is 0 Å². The summed E-state index contributed by atoms with van der Waals surface area (Å²) in [6.45, 7) is 0.551. The lowest BCUT2D eigenvalue weighted by molar-refractivity contribution is 0.323. The van der Waals surface area contributed by atoms with Gasteiger partial charge in [-0.1, -0.05) is 42.5 Å². The number of benzene rings is 2. The zero-order chi connectivity index (χ0) is 12.6. The first-order valence-corrected chi connectivity index (χ1v) is 5.74. The van der Waals surface area contributed by atoms with Crippen LogP contribution in [-0.2, 0) is 11.2 Å². The number of isocyanates is 1. The number of nitrogens with zero attached hydrogens (tertiary/aromatic N) is 1. The minimum Gasteiger partial charge on any atom is -0.491 e. The molecule has 0 saturated heterocycles. The molecule has 18 heavy (non-hydrogen) atoms. The molecule has 2 aromatic carbocycles. The van der Waals surface area contributed by atoms with Crippen molar-refractivity contribution in [2.75, 3.05) is 6.61 Å². The van der Waals surface area contributed by atoms with E-state index in [1.807, 2.05) is 24.3 Å². The molecule has 2 aromatic rings. The number of para-hydroxylation sites is 2. The average molecular weight is 239 g/mol. The third-order valence-corrected chi connectivity index (χ3v) is 2.52. The Morgan fingerprint density at radius 1 is 1.00 bits per heavy atom. The third-order valence-electron chi connectivity index (χ3n) is 2.52. The summed E-state index contributed by atoms with van der Waals surface area (Å²) < 4.78 is 5.62. The highest BCUT2D eigenvalue weighted by Crippen LogP contribution is 2.26. The van der Waals surface area contributed by atoms with Crippen molar-refractivity contribution in [3.8, 4) is 5.75 Å². The van der Waals surface area contributed by atoms with Crippen LogP contribution in [0.15, 0.2) is 59.6 Å². The highest BCUT2D eigenvalue weighted by molar-refractivity contribution is 5.57. The summed E-state index contributed by atoms with van der Waals surface area (Å²) in [6.07, 6.45) is 2.35. The first kappa shape index (κ1) is 12.1. The van der Waals surface area contributed by atoms with Gasteiger partial charge in [0.15, 0.2) is 0 Å². The molecule has 0 radical (unpaired) electrons. The Balaban J connectivity index is 1.96. The Morgan fingerprint density at radius 3 is 2.50 bits per heavy atom. The van der Waals surface area contributed by atoms with Crippen molar-refractivity contribution in [2.45, 2.75) is 6.42 Å². The van der Waals surface area contributed by atoms with Crippen molar-refractivity contribution in [1.82, 2.24) is 0 Å². The lowest BCUT2D eigenvalue weighted by Gasteiger charge is -2.07. The summed E-state index contributed by atoms with van der Waals surface area (Å²) >= 11 is 0. The van der Waals surface area contributed by atoms with E-state index in [0.29, 0.717) is 18.0 Å². The van der Waals surface area contributed by atoms with Gasteiger partial charge in [0.1, 0.15) is 11.4 Å². The zero-order valence-electron chi connectivity index (χ0n) is 9.87. The van der Waals surface area contributed by atoms with Gasteiger partial charge >= 0.3 is 0 Å². The Morgan fingerprint density at radius 2 is 1.72 bits per heavy atom. The molecule has 0 aromatic heterocycles. The molecule has 0 bridgehead atoms. The highest BCUT2D eigenvalue weighted by atomic mass is 16.5. The van der Waals surface area contributed by atoms with Crippen LogP contribution < -0.4 is 4.74 Å². The molecule has 0 spiro atoms. The van der Waals surface area contributed by atoms with Crippen LogP contribution in [0.4, 0.5) is 5.69 Å². The molecular weight excluding hydrogens is 226 g/mol. The predicted molar refractivity (Wildman–Crippen MR) is 69.9 cm³/mol. The van der Waals surface area contributed by atoms with Gasteiger partial charge in [-0.25, -0.2) is 4.79 Å². The fourth-order valence-electron chi connectivity index (χ4n) is 1.64. The fourth-order valence-corrected chi connectivity index (χ4v) is 1.64. The smallest absolute Gasteiger partial charge is 0.240 e. The molecular formula is C15H13NO2. The maximum Gasteiger partial charge on any atom is 0.240 e. The molecule has 0 heterocycles. The van der Waals surface area contributed by atoms with Crippen LogP contribution in [0.1, 0.15) is 5.56 Å². The van der Waals surface area contributed by atoms with Gasteiger partial charge in [0, 0.05) is 6.42 Å². The summed E-state index contributed by atoms with van der Waals surface area (Å²) in [4.78, 5) is 13.9. The first-order valence-electron chi connectivity index (χ1n) is 5.74. The highest BCUT2D eigenvalue weighted by Gasteiger charge is 2.01. The van der Waals surface area contributed by atoms with E-state index in [-0.39, 0.29) is 0 Å². The van der Waals surface area contributed by atoms with Gasteiger partial charge in [0.2, 0.25) is 6.08 Å². The Kier molecular flexibility index (Phi) is 4.28. The number of hydrogen-bond acceptors (Lipinski definition) is 3. The summed E-state index contributed by atoms with van der Waals surface area (Å²) in [7, 11) is 0. The first-order chi connectivity index (χ1) is 8.90. The van der Waals surface area contributed by atoms with Gasteiger partial charge in [-0.3, -0.25) is 0 Å². The molecule has 0 amide bonds. The second-order valence-electron chi connectivity index (χ2n) is 3.75. The SMILES string of the molecule is O=C=Nc1ccccc1OCCc1ccccc1. The molecule has 0 atom stereocenters. The topological polar surface area (TPSA) is 38.7 Å². The van der Waals surface area contributed by atoms with E-state index in [1.165, 1.54) is 11.6 Å². The van der Waals surface area contributed by atoms with E-state index in [1.54, 1.807) is 18.2 Å². The van der Waals surface area contributed by atoms with Gasteiger partial charge < -0.3 is 4.74 Å².